The van der Waals surface area contributed by atoms with Crippen molar-refractivity contribution in [2.24, 2.45) is 0 Å². The Balaban J connectivity index is 1.73. The molecule has 0 atom stereocenters. The van der Waals surface area contributed by atoms with Gasteiger partial charge in [0.15, 0.2) is 11.5 Å². The number of carbonyl (C=O) groups excluding carboxylic acids is 1. The predicted molar refractivity (Wildman–Crippen MR) is 96.3 cm³/mol. The van der Waals surface area contributed by atoms with Gasteiger partial charge in [-0.25, -0.2) is 0 Å². The minimum absolute atomic E-state index is 0.0904. The van der Waals surface area contributed by atoms with Gasteiger partial charge in [0.1, 0.15) is 0 Å². The number of aromatic nitrogens is 1. The molecule has 7 heteroatoms. The van der Waals surface area contributed by atoms with Crippen molar-refractivity contribution in [1.29, 1.82) is 0 Å². The standard InChI is InChI=1S/C20H22F2N2O3/c1-26-17-12-14(4-5-16(17)27-19(21)22)18(25)24-13-20(8-2-3-9-20)15-6-10-23-11-7-15/h4-7,10-12,19H,2-3,8-9,13H2,1H3,(H,24,25). The summed E-state index contributed by atoms with van der Waals surface area (Å²) in [6.45, 7) is -2.45. The Morgan fingerprint density at radius 1 is 1.19 bits per heavy atom. The van der Waals surface area contributed by atoms with Crippen molar-refractivity contribution >= 4 is 5.91 Å². The molecule has 0 aliphatic heterocycles. The number of methoxy groups -OCH3 is 1. The van der Waals surface area contributed by atoms with E-state index >= 15 is 0 Å². The van der Waals surface area contributed by atoms with Crippen molar-refractivity contribution in [2.45, 2.75) is 37.7 Å². The van der Waals surface area contributed by atoms with Gasteiger partial charge < -0.3 is 14.8 Å². The molecule has 1 N–H and O–H groups in total. The first-order chi connectivity index (χ1) is 13.0. The fraction of sp³-hybridized carbons (Fsp3) is 0.400. The maximum atomic E-state index is 12.6. The highest BCUT2D eigenvalue weighted by Gasteiger charge is 2.36. The van der Waals surface area contributed by atoms with Crippen LogP contribution in [0.15, 0.2) is 42.7 Å². The first kappa shape index (κ1) is 19.1. The van der Waals surface area contributed by atoms with Gasteiger partial charge in [0, 0.05) is 29.9 Å². The van der Waals surface area contributed by atoms with E-state index in [0.717, 1.165) is 25.7 Å². The molecule has 3 rings (SSSR count). The van der Waals surface area contributed by atoms with Crippen LogP contribution in [0.4, 0.5) is 8.78 Å². The van der Waals surface area contributed by atoms with Gasteiger partial charge in [0.2, 0.25) is 0 Å². The largest absolute Gasteiger partial charge is 0.493 e. The number of hydrogen-bond donors (Lipinski definition) is 1. The lowest BCUT2D eigenvalue weighted by atomic mass is 9.79. The first-order valence-electron chi connectivity index (χ1n) is 8.86. The second-order valence-corrected chi connectivity index (χ2v) is 6.65. The Morgan fingerprint density at radius 2 is 1.89 bits per heavy atom. The summed E-state index contributed by atoms with van der Waals surface area (Å²) < 4.78 is 34.3. The van der Waals surface area contributed by atoms with E-state index in [1.165, 1.54) is 30.9 Å². The molecule has 2 aromatic rings. The molecule has 0 radical (unpaired) electrons. The third kappa shape index (κ3) is 4.35. The number of nitrogens with zero attached hydrogens (tertiary/aromatic N) is 1. The molecule has 144 valence electrons. The molecule has 1 aliphatic carbocycles. The van der Waals surface area contributed by atoms with Crippen LogP contribution in [-0.4, -0.2) is 31.2 Å². The van der Waals surface area contributed by atoms with E-state index in [1.54, 1.807) is 12.4 Å². The SMILES string of the molecule is COc1cc(C(=O)NCC2(c3ccncc3)CCCC2)ccc1OC(F)F. The van der Waals surface area contributed by atoms with E-state index in [-0.39, 0.29) is 22.8 Å². The number of amides is 1. The second-order valence-electron chi connectivity index (χ2n) is 6.65. The lowest BCUT2D eigenvalue weighted by Gasteiger charge is -2.30. The minimum atomic E-state index is -2.96. The molecule has 27 heavy (non-hydrogen) atoms. The molecule has 1 aliphatic rings. The van der Waals surface area contributed by atoms with E-state index < -0.39 is 6.61 Å². The van der Waals surface area contributed by atoms with Crippen LogP contribution in [0.25, 0.3) is 0 Å². The minimum Gasteiger partial charge on any atom is -0.493 e. The fourth-order valence-electron chi connectivity index (χ4n) is 3.68. The van der Waals surface area contributed by atoms with Crippen LogP contribution in [0.1, 0.15) is 41.6 Å². The van der Waals surface area contributed by atoms with Crippen molar-refractivity contribution in [1.82, 2.24) is 10.3 Å². The molecule has 0 bridgehead atoms. The van der Waals surface area contributed by atoms with E-state index in [2.05, 4.69) is 15.0 Å². The molecular weight excluding hydrogens is 354 g/mol. The van der Waals surface area contributed by atoms with E-state index in [1.807, 2.05) is 12.1 Å². The number of rotatable bonds is 7. The maximum absolute atomic E-state index is 12.6. The number of alkyl halides is 2. The van der Waals surface area contributed by atoms with Crippen LogP contribution >= 0.6 is 0 Å². The number of carbonyl (C=O) groups is 1. The third-order valence-corrected chi connectivity index (χ3v) is 5.08. The molecule has 1 amide bonds. The second kappa shape index (κ2) is 8.33. The highest BCUT2D eigenvalue weighted by atomic mass is 19.3. The van der Waals surface area contributed by atoms with E-state index in [4.69, 9.17) is 4.74 Å². The smallest absolute Gasteiger partial charge is 0.387 e. The summed E-state index contributed by atoms with van der Waals surface area (Å²) >= 11 is 0. The Bertz CT molecular complexity index is 778. The number of pyridine rings is 1. The number of benzene rings is 1. The molecule has 1 aromatic carbocycles. The van der Waals surface area contributed by atoms with Gasteiger partial charge in [-0.3, -0.25) is 9.78 Å². The summed E-state index contributed by atoms with van der Waals surface area (Å²) in [7, 11) is 1.34. The Hall–Kier alpha value is -2.70. The van der Waals surface area contributed by atoms with Crippen molar-refractivity contribution < 1.29 is 23.0 Å². The number of ether oxygens (including phenoxy) is 2. The van der Waals surface area contributed by atoms with Gasteiger partial charge in [0.25, 0.3) is 5.91 Å². The average molecular weight is 376 g/mol. The van der Waals surface area contributed by atoms with Gasteiger partial charge in [0.05, 0.1) is 7.11 Å². The van der Waals surface area contributed by atoms with Crippen LogP contribution in [-0.2, 0) is 5.41 Å². The lowest BCUT2D eigenvalue weighted by Crippen LogP contribution is -2.39. The van der Waals surface area contributed by atoms with Crippen molar-refractivity contribution in [3.05, 3.63) is 53.9 Å². The summed E-state index contributed by atoms with van der Waals surface area (Å²) in [6.07, 6.45) is 7.77. The summed E-state index contributed by atoms with van der Waals surface area (Å²) in [4.78, 5) is 16.7. The summed E-state index contributed by atoms with van der Waals surface area (Å²) in [6, 6.07) is 8.16. The zero-order chi connectivity index (χ0) is 19.3. The van der Waals surface area contributed by atoms with Gasteiger partial charge in [-0.15, -0.1) is 0 Å². The average Bonchev–Trinajstić information content (AvgIpc) is 3.17. The molecule has 0 spiro atoms. The van der Waals surface area contributed by atoms with Gasteiger partial charge in [-0.2, -0.15) is 8.78 Å². The Morgan fingerprint density at radius 3 is 2.52 bits per heavy atom. The number of nitrogens with one attached hydrogen (secondary N) is 1. The topological polar surface area (TPSA) is 60.5 Å². The zero-order valence-electron chi connectivity index (χ0n) is 15.1. The van der Waals surface area contributed by atoms with Crippen LogP contribution in [0.5, 0.6) is 11.5 Å². The van der Waals surface area contributed by atoms with Crippen LogP contribution in [0.3, 0.4) is 0 Å². The monoisotopic (exact) mass is 376 g/mol. The normalized spacial score (nSPS) is 15.6. The zero-order valence-corrected chi connectivity index (χ0v) is 15.1. The Kier molecular flexibility index (Phi) is 5.88. The van der Waals surface area contributed by atoms with Gasteiger partial charge >= 0.3 is 6.61 Å². The summed E-state index contributed by atoms with van der Waals surface area (Å²) in [5.41, 5.74) is 1.41. The van der Waals surface area contributed by atoms with Crippen LogP contribution in [0.2, 0.25) is 0 Å². The third-order valence-electron chi connectivity index (χ3n) is 5.08. The van der Waals surface area contributed by atoms with Crippen molar-refractivity contribution in [2.75, 3.05) is 13.7 Å². The van der Waals surface area contributed by atoms with Crippen LogP contribution in [0, 0.1) is 0 Å². The number of halogens is 2. The highest BCUT2D eigenvalue weighted by molar-refractivity contribution is 5.95. The summed E-state index contributed by atoms with van der Waals surface area (Å²) in [5.74, 6) is -0.294. The highest BCUT2D eigenvalue weighted by Crippen LogP contribution is 2.40. The molecule has 0 unspecified atom stereocenters. The summed E-state index contributed by atoms with van der Waals surface area (Å²) in [5, 5.41) is 2.99. The molecule has 1 saturated carbocycles. The number of hydrogen-bond acceptors (Lipinski definition) is 4. The predicted octanol–water partition coefficient (Wildman–Crippen LogP) is 3.93. The van der Waals surface area contributed by atoms with E-state index in [0.29, 0.717) is 12.1 Å². The molecule has 1 aromatic heterocycles. The fourth-order valence-corrected chi connectivity index (χ4v) is 3.68. The van der Waals surface area contributed by atoms with Gasteiger partial charge in [-0.05, 0) is 48.7 Å². The van der Waals surface area contributed by atoms with E-state index in [9.17, 15) is 13.6 Å². The van der Waals surface area contributed by atoms with Crippen molar-refractivity contribution in [3.63, 3.8) is 0 Å². The van der Waals surface area contributed by atoms with Crippen LogP contribution < -0.4 is 14.8 Å². The van der Waals surface area contributed by atoms with Gasteiger partial charge in [-0.1, -0.05) is 12.8 Å². The quantitative estimate of drug-likeness (QED) is 0.795. The Labute approximate surface area is 156 Å². The van der Waals surface area contributed by atoms with Crippen molar-refractivity contribution in [3.8, 4) is 11.5 Å². The maximum Gasteiger partial charge on any atom is 0.387 e. The molecule has 0 saturated heterocycles. The first-order valence-corrected chi connectivity index (χ1v) is 8.86. The molecule has 1 heterocycles. The molecule has 5 nitrogen and oxygen atoms in total. The molecular formula is C20H22F2N2O3. The molecule has 1 fully saturated rings. The lowest BCUT2D eigenvalue weighted by molar-refractivity contribution is -0.0512.